The van der Waals surface area contributed by atoms with Gasteiger partial charge in [-0.25, -0.2) is 0 Å². The number of halogens is 1. The third-order valence-corrected chi connectivity index (χ3v) is 2.05. The Morgan fingerprint density at radius 2 is 2.00 bits per heavy atom. The third kappa shape index (κ3) is 1.60. The van der Waals surface area contributed by atoms with Gasteiger partial charge in [-0.2, -0.15) is 0 Å². The summed E-state index contributed by atoms with van der Waals surface area (Å²) >= 11 is 5.84. The summed E-state index contributed by atoms with van der Waals surface area (Å²) in [6.45, 7) is 3.75. The first-order valence-corrected chi connectivity index (χ1v) is 3.75. The van der Waals surface area contributed by atoms with Crippen LogP contribution in [0.5, 0.6) is 0 Å². The SMILES string of the molecule is Cc1cc(Cl)c(C)c(C=O)c1. The second-order valence-corrected chi connectivity index (χ2v) is 2.99. The molecule has 0 aromatic heterocycles. The van der Waals surface area contributed by atoms with Crippen LogP contribution in [0.3, 0.4) is 0 Å². The van der Waals surface area contributed by atoms with Crippen LogP contribution in [0.15, 0.2) is 12.1 Å². The van der Waals surface area contributed by atoms with Gasteiger partial charge in [-0.1, -0.05) is 11.6 Å². The first-order chi connectivity index (χ1) is 5.15. The number of aldehydes is 1. The molecule has 0 aliphatic heterocycles. The van der Waals surface area contributed by atoms with Gasteiger partial charge in [0.05, 0.1) is 0 Å². The lowest BCUT2D eigenvalue weighted by atomic mass is 10.1. The highest BCUT2D eigenvalue weighted by molar-refractivity contribution is 6.31. The number of aryl methyl sites for hydroxylation is 1. The predicted octanol–water partition coefficient (Wildman–Crippen LogP) is 2.77. The minimum absolute atomic E-state index is 0.659. The summed E-state index contributed by atoms with van der Waals surface area (Å²) in [5.41, 5.74) is 2.55. The van der Waals surface area contributed by atoms with Crippen LogP contribution in [0.1, 0.15) is 21.5 Å². The molecule has 2 heteroatoms. The second kappa shape index (κ2) is 3.05. The number of carbonyl (C=O) groups excluding carboxylic acids is 1. The summed E-state index contributed by atoms with van der Waals surface area (Å²) in [5, 5.41) is 0.659. The van der Waals surface area contributed by atoms with Gasteiger partial charge in [-0.15, -0.1) is 0 Å². The molecule has 0 radical (unpaired) electrons. The number of hydrogen-bond acceptors (Lipinski definition) is 1. The van der Waals surface area contributed by atoms with Crippen LogP contribution in [0, 0.1) is 13.8 Å². The van der Waals surface area contributed by atoms with E-state index in [-0.39, 0.29) is 0 Å². The molecule has 0 aliphatic carbocycles. The van der Waals surface area contributed by atoms with Crippen molar-refractivity contribution in [1.82, 2.24) is 0 Å². The molecule has 0 fully saturated rings. The van der Waals surface area contributed by atoms with E-state index in [1.54, 1.807) is 0 Å². The topological polar surface area (TPSA) is 17.1 Å². The monoisotopic (exact) mass is 168 g/mol. The zero-order valence-electron chi connectivity index (χ0n) is 6.52. The van der Waals surface area contributed by atoms with Gasteiger partial charge in [0, 0.05) is 10.6 Å². The molecule has 1 aromatic carbocycles. The molecule has 1 aromatic rings. The van der Waals surface area contributed by atoms with Crippen molar-refractivity contribution in [2.24, 2.45) is 0 Å². The van der Waals surface area contributed by atoms with Crippen LogP contribution >= 0.6 is 11.6 Å². The summed E-state index contributed by atoms with van der Waals surface area (Å²) in [6, 6.07) is 3.68. The Hall–Kier alpha value is -0.820. The summed E-state index contributed by atoms with van der Waals surface area (Å²) in [5.74, 6) is 0. The maximum absolute atomic E-state index is 10.5. The number of benzene rings is 1. The van der Waals surface area contributed by atoms with Crippen LogP contribution in [0.4, 0.5) is 0 Å². The van der Waals surface area contributed by atoms with Gasteiger partial charge in [0.1, 0.15) is 6.29 Å². The van der Waals surface area contributed by atoms with Gasteiger partial charge in [0.15, 0.2) is 0 Å². The van der Waals surface area contributed by atoms with Crippen molar-refractivity contribution in [3.63, 3.8) is 0 Å². The molecule has 0 saturated carbocycles. The highest BCUT2D eigenvalue weighted by Gasteiger charge is 2.01. The molecule has 0 atom stereocenters. The molecule has 1 rings (SSSR count). The summed E-state index contributed by atoms with van der Waals surface area (Å²) < 4.78 is 0. The van der Waals surface area contributed by atoms with E-state index in [9.17, 15) is 4.79 Å². The minimum atomic E-state index is 0.659. The van der Waals surface area contributed by atoms with Crippen molar-refractivity contribution in [3.8, 4) is 0 Å². The normalized spacial score (nSPS) is 9.73. The molecule has 0 spiro atoms. The Kier molecular flexibility index (Phi) is 2.30. The van der Waals surface area contributed by atoms with E-state index in [1.807, 2.05) is 26.0 Å². The Bertz CT molecular complexity index is 292. The molecule has 11 heavy (non-hydrogen) atoms. The Morgan fingerprint density at radius 1 is 1.36 bits per heavy atom. The van der Waals surface area contributed by atoms with Crippen LogP contribution in [-0.2, 0) is 0 Å². The zero-order valence-corrected chi connectivity index (χ0v) is 7.27. The Morgan fingerprint density at radius 3 is 2.55 bits per heavy atom. The van der Waals surface area contributed by atoms with Crippen LogP contribution in [0.2, 0.25) is 5.02 Å². The van der Waals surface area contributed by atoms with E-state index < -0.39 is 0 Å². The van der Waals surface area contributed by atoms with E-state index in [2.05, 4.69) is 0 Å². The predicted molar refractivity (Wildman–Crippen MR) is 46.3 cm³/mol. The highest BCUT2D eigenvalue weighted by Crippen LogP contribution is 2.19. The van der Waals surface area contributed by atoms with E-state index >= 15 is 0 Å². The molecular formula is C9H9ClO. The fraction of sp³-hybridized carbons (Fsp3) is 0.222. The van der Waals surface area contributed by atoms with E-state index in [4.69, 9.17) is 11.6 Å². The minimum Gasteiger partial charge on any atom is -0.298 e. The van der Waals surface area contributed by atoms with Gasteiger partial charge in [-0.05, 0) is 37.1 Å². The number of hydrogen-bond donors (Lipinski definition) is 0. The molecule has 0 bridgehead atoms. The van der Waals surface area contributed by atoms with Gasteiger partial charge < -0.3 is 0 Å². The van der Waals surface area contributed by atoms with Crippen molar-refractivity contribution >= 4 is 17.9 Å². The lowest BCUT2D eigenvalue weighted by molar-refractivity contribution is 0.112. The molecule has 0 unspecified atom stereocenters. The van der Waals surface area contributed by atoms with Crippen molar-refractivity contribution in [1.29, 1.82) is 0 Å². The van der Waals surface area contributed by atoms with E-state index in [0.717, 1.165) is 17.4 Å². The largest absolute Gasteiger partial charge is 0.298 e. The lowest BCUT2D eigenvalue weighted by Gasteiger charge is -2.02. The van der Waals surface area contributed by atoms with Crippen molar-refractivity contribution < 1.29 is 4.79 Å². The highest BCUT2D eigenvalue weighted by atomic mass is 35.5. The van der Waals surface area contributed by atoms with Crippen molar-refractivity contribution in [2.75, 3.05) is 0 Å². The molecule has 58 valence electrons. The van der Waals surface area contributed by atoms with Crippen molar-refractivity contribution in [2.45, 2.75) is 13.8 Å². The molecule has 1 nitrogen and oxygen atoms in total. The van der Waals surface area contributed by atoms with Gasteiger partial charge in [0.25, 0.3) is 0 Å². The first kappa shape index (κ1) is 8.28. The molecule has 0 N–H and O–H groups in total. The molecule has 0 saturated heterocycles. The van der Waals surface area contributed by atoms with Gasteiger partial charge >= 0.3 is 0 Å². The quantitative estimate of drug-likeness (QED) is 0.590. The van der Waals surface area contributed by atoms with Crippen LogP contribution in [0.25, 0.3) is 0 Å². The number of rotatable bonds is 1. The average Bonchev–Trinajstić information content (AvgIpc) is 1.96. The lowest BCUT2D eigenvalue weighted by Crippen LogP contribution is -1.88. The molecular weight excluding hydrogens is 160 g/mol. The van der Waals surface area contributed by atoms with Crippen LogP contribution < -0.4 is 0 Å². The third-order valence-electron chi connectivity index (χ3n) is 1.66. The van der Waals surface area contributed by atoms with Crippen LogP contribution in [-0.4, -0.2) is 6.29 Å². The van der Waals surface area contributed by atoms with E-state index in [1.165, 1.54) is 0 Å². The van der Waals surface area contributed by atoms with Crippen molar-refractivity contribution in [3.05, 3.63) is 33.8 Å². The first-order valence-electron chi connectivity index (χ1n) is 3.37. The fourth-order valence-electron chi connectivity index (χ4n) is 0.964. The number of carbonyl (C=O) groups is 1. The molecule has 0 aliphatic rings. The standard InChI is InChI=1S/C9H9ClO/c1-6-3-8(5-11)7(2)9(10)4-6/h3-5H,1-2H3. The van der Waals surface area contributed by atoms with E-state index in [0.29, 0.717) is 10.6 Å². The second-order valence-electron chi connectivity index (χ2n) is 2.58. The summed E-state index contributed by atoms with van der Waals surface area (Å²) in [4.78, 5) is 10.5. The maximum Gasteiger partial charge on any atom is 0.150 e. The Balaban J connectivity index is 3.35. The average molecular weight is 169 g/mol. The fourth-order valence-corrected chi connectivity index (χ4v) is 1.24. The van der Waals surface area contributed by atoms with Gasteiger partial charge in [0.2, 0.25) is 0 Å². The summed E-state index contributed by atoms with van der Waals surface area (Å²) in [6.07, 6.45) is 0.828. The van der Waals surface area contributed by atoms with Gasteiger partial charge in [-0.3, -0.25) is 4.79 Å². The molecule has 0 heterocycles. The maximum atomic E-state index is 10.5. The zero-order chi connectivity index (χ0) is 8.43. The summed E-state index contributed by atoms with van der Waals surface area (Å²) in [7, 11) is 0. The molecule has 0 amide bonds. The Labute approximate surface area is 71.0 Å². The smallest absolute Gasteiger partial charge is 0.150 e.